The van der Waals surface area contributed by atoms with Gasteiger partial charge in [0.2, 0.25) is 0 Å². The average molecular weight is 501 g/mol. The van der Waals surface area contributed by atoms with Crippen LogP contribution in [0.1, 0.15) is 56.3 Å². The van der Waals surface area contributed by atoms with E-state index in [4.69, 9.17) is 0 Å². The van der Waals surface area contributed by atoms with E-state index in [-0.39, 0.29) is 22.7 Å². The highest BCUT2D eigenvalue weighted by Gasteiger charge is 2.65. The lowest BCUT2D eigenvalue weighted by atomic mass is 9.42. The van der Waals surface area contributed by atoms with Crippen molar-refractivity contribution >= 4 is 0 Å². The Balaban J connectivity index is 1.76. The summed E-state index contributed by atoms with van der Waals surface area (Å²) in [6, 6.07) is 38.0. The number of quaternary nitrogens is 2. The van der Waals surface area contributed by atoms with E-state index in [2.05, 4.69) is 139 Å². The molecule has 38 heavy (non-hydrogen) atoms. The molecule has 0 radical (unpaired) electrons. The zero-order chi connectivity index (χ0) is 26.5. The summed E-state index contributed by atoms with van der Waals surface area (Å²) >= 11 is 0. The molecular formula is C36H40N2+2. The lowest BCUT2D eigenvalue weighted by Crippen LogP contribution is -2.61. The molecule has 0 fully saturated rings. The van der Waals surface area contributed by atoms with Crippen LogP contribution in [-0.2, 0) is 10.8 Å². The number of hydrogen-bond acceptors (Lipinski definition) is 0. The van der Waals surface area contributed by atoms with Crippen LogP contribution in [0.2, 0.25) is 0 Å². The second-order valence-electron chi connectivity index (χ2n) is 14.1. The molecule has 0 saturated carbocycles. The van der Waals surface area contributed by atoms with Crippen LogP contribution in [0.5, 0.6) is 0 Å². The van der Waals surface area contributed by atoms with Crippen LogP contribution >= 0.6 is 0 Å². The molecule has 10 rings (SSSR count). The van der Waals surface area contributed by atoms with E-state index < -0.39 is 0 Å². The normalized spacial score (nSPS) is 26.6. The van der Waals surface area contributed by atoms with Gasteiger partial charge in [-0.15, -0.1) is 0 Å². The van der Waals surface area contributed by atoms with Crippen molar-refractivity contribution in [3.05, 3.63) is 142 Å². The zero-order valence-electron chi connectivity index (χ0n) is 23.7. The van der Waals surface area contributed by atoms with Crippen LogP contribution in [0.25, 0.3) is 0 Å². The fourth-order valence-electron chi connectivity index (χ4n) is 8.95. The molecule has 2 nitrogen and oxygen atoms in total. The maximum Gasteiger partial charge on any atom is 0.0929 e. The Hall–Kier alpha value is -3.20. The summed E-state index contributed by atoms with van der Waals surface area (Å²) in [6.45, 7) is 2.06. The van der Waals surface area contributed by atoms with Crippen LogP contribution in [-0.4, -0.2) is 64.3 Å². The Kier molecular flexibility index (Phi) is 4.83. The van der Waals surface area contributed by atoms with Crippen molar-refractivity contribution in [2.75, 3.05) is 55.4 Å². The zero-order valence-corrected chi connectivity index (χ0v) is 23.7. The average Bonchev–Trinajstić information content (AvgIpc) is 2.86. The van der Waals surface area contributed by atoms with Gasteiger partial charge in [-0.05, 0) is 44.5 Å². The van der Waals surface area contributed by atoms with Crippen molar-refractivity contribution < 1.29 is 8.97 Å². The smallest absolute Gasteiger partial charge is 0.0929 e. The maximum absolute atomic E-state index is 2.47. The first-order chi connectivity index (χ1) is 18.1. The number of benzene rings is 4. The van der Waals surface area contributed by atoms with Crippen LogP contribution in [0.4, 0.5) is 0 Å². The topological polar surface area (TPSA) is 0 Å². The van der Waals surface area contributed by atoms with E-state index in [9.17, 15) is 0 Å². The maximum atomic E-state index is 2.47. The number of likely N-dealkylation sites (N-methyl/N-ethyl adjacent to an activating group) is 2. The van der Waals surface area contributed by atoms with Crippen molar-refractivity contribution in [3.63, 3.8) is 0 Å². The van der Waals surface area contributed by atoms with Gasteiger partial charge in [0.15, 0.2) is 0 Å². The Morgan fingerprint density at radius 3 is 0.895 bits per heavy atom. The molecule has 6 aliphatic rings. The summed E-state index contributed by atoms with van der Waals surface area (Å²) in [5, 5.41) is 0. The van der Waals surface area contributed by atoms with Crippen molar-refractivity contribution in [3.8, 4) is 0 Å². The minimum atomic E-state index is -0.169. The van der Waals surface area contributed by atoms with Gasteiger partial charge >= 0.3 is 0 Å². The third-order valence-corrected chi connectivity index (χ3v) is 9.44. The van der Waals surface area contributed by atoms with Gasteiger partial charge in [0.1, 0.15) is 0 Å². The van der Waals surface area contributed by atoms with Gasteiger partial charge < -0.3 is 8.97 Å². The lowest BCUT2D eigenvalue weighted by molar-refractivity contribution is -0.875. The summed E-state index contributed by atoms with van der Waals surface area (Å²) in [7, 11) is 14.2. The highest BCUT2D eigenvalue weighted by molar-refractivity contribution is 5.73. The number of hydrogen-bond donors (Lipinski definition) is 0. The molecule has 4 bridgehead atoms. The first-order valence-electron chi connectivity index (χ1n) is 14.1. The van der Waals surface area contributed by atoms with Gasteiger partial charge in [-0.1, -0.05) is 97.1 Å². The van der Waals surface area contributed by atoms with E-state index in [1.54, 1.807) is 0 Å². The van der Waals surface area contributed by atoms with Gasteiger partial charge in [-0.2, -0.15) is 0 Å². The fraction of sp³-hybridized carbons (Fsp3) is 0.333. The molecule has 0 saturated heterocycles. The van der Waals surface area contributed by atoms with Crippen LogP contribution < -0.4 is 0 Å². The largest absolute Gasteiger partial charge is 0.330 e. The SMILES string of the molecule is C[N+](C)(C)CC12c3ccccc3C(c3ccccc31)C1(C[N+](C)(C)C)c3ccccc3C2c2ccccc21. The summed E-state index contributed by atoms with van der Waals surface area (Å²) in [6.07, 6.45) is 0. The Morgan fingerprint density at radius 2 is 0.658 bits per heavy atom. The molecule has 0 heterocycles. The lowest BCUT2D eigenvalue weighted by Gasteiger charge is -2.61. The highest BCUT2D eigenvalue weighted by atomic mass is 15.3. The quantitative estimate of drug-likeness (QED) is 0.290. The molecule has 2 heteroatoms. The van der Waals surface area contributed by atoms with E-state index in [1.807, 2.05) is 0 Å². The third kappa shape index (κ3) is 3.02. The van der Waals surface area contributed by atoms with Crippen molar-refractivity contribution in [2.45, 2.75) is 22.7 Å². The summed E-state index contributed by atoms with van der Waals surface area (Å²) in [5.41, 5.74) is 11.9. The van der Waals surface area contributed by atoms with Crippen LogP contribution in [0, 0.1) is 0 Å². The fourth-order valence-corrected chi connectivity index (χ4v) is 8.95. The van der Waals surface area contributed by atoms with Gasteiger partial charge in [0, 0.05) is 11.8 Å². The van der Waals surface area contributed by atoms with Gasteiger partial charge in [0.05, 0.1) is 66.2 Å². The van der Waals surface area contributed by atoms with E-state index >= 15 is 0 Å². The van der Waals surface area contributed by atoms with Crippen molar-refractivity contribution in [1.29, 1.82) is 0 Å². The minimum absolute atomic E-state index is 0.169. The van der Waals surface area contributed by atoms with Gasteiger partial charge in [-0.3, -0.25) is 0 Å². The first-order valence-corrected chi connectivity index (χ1v) is 14.1. The molecule has 6 aliphatic carbocycles. The highest BCUT2D eigenvalue weighted by Crippen LogP contribution is 2.68. The van der Waals surface area contributed by atoms with Gasteiger partial charge in [0.25, 0.3) is 0 Å². The second-order valence-corrected chi connectivity index (χ2v) is 14.1. The Labute approximate surface area is 228 Å². The van der Waals surface area contributed by atoms with Gasteiger partial charge in [-0.25, -0.2) is 0 Å². The molecule has 4 aromatic rings. The number of nitrogens with zero attached hydrogens (tertiary/aromatic N) is 2. The summed E-state index contributed by atoms with van der Waals surface area (Å²) in [4.78, 5) is 0. The predicted octanol–water partition coefficient (Wildman–Crippen LogP) is 6.28. The molecule has 0 N–H and O–H groups in total. The molecule has 0 unspecified atom stereocenters. The molecule has 0 amide bonds. The third-order valence-electron chi connectivity index (χ3n) is 9.44. The Bertz CT molecular complexity index is 1350. The van der Waals surface area contributed by atoms with Crippen molar-refractivity contribution in [1.82, 2.24) is 0 Å². The van der Waals surface area contributed by atoms with E-state index in [0.717, 1.165) is 22.1 Å². The molecule has 0 aliphatic heterocycles. The molecule has 0 spiro atoms. The van der Waals surface area contributed by atoms with E-state index in [0.29, 0.717) is 0 Å². The molecular weight excluding hydrogens is 460 g/mol. The summed E-state index contributed by atoms with van der Waals surface area (Å²) < 4.78 is 1.80. The minimum Gasteiger partial charge on any atom is -0.330 e. The van der Waals surface area contributed by atoms with Crippen LogP contribution in [0.15, 0.2) is 97.1 Å². The monoisotopic (exact) mass is 500 g/mol. The second kappa shape index (κ2) is 7.68. The standard InChI is InChI=1S/C36H40N2/c1-37(2,3)23-35-29-19-11-7-15-25(29)34(26-16-8-12-20-30(26)35)36(24-38(4,5)6)31-21-13-9-17-27(31)33(35)28-18-10-14-22-32(28)36/h7-22,33-34H,23-24H2,1-6H3/q+2. The van der Waals surface area contributed by atoms with Crippen molar-refractivity contribution in [2.24, 2.45) is 0 Å². The predicted molar refractivity (Wildman–Crippen MR) is 157 cm³/mol. The first kappa shape index (κ1) is 23.9. The molecule has 0 atom stereocenters. The molecule has 4 aromatic carbocycles. The van der Waals surface area contributed by atoms with E-state index in [1.165, 1.54) is 44.5 Å². The summed E-state index contributed by atoms with van der Waals surface area (Å²) in [5.74, 6) is 0.493. The van der Waals surface area contributed by atoms with Crippen LogP contribution in [0.3, 0.4) is 0 Å². The number of rotatable bonds is 4. The molecule has 192 valence electrons. The molecule has 0 aromatic heterocycles. The Morgan fingerprint density at radius 1 is 0.421 bits per heavy atom.